The Morgan fingerprint density at radius 3 is 2.48 bits per heavy atom. The Morgan fingerprint density at radius 2 is 1.83 bits per heavy atom. The molecule has 1 unspecified atom stereocenters. The van der Waals surface area contributed by atoms with Gasteiger partial charge in [-0.1, -0.05) is 29.8 Å². The molecule has 0 bridgehead atoms. The maximum atomic E-state index is 13.1. The molecular weight excluding hydrogens is 445 g/mol. The van der Waals surface area contributed by atoms with Crippen LogP contribution >= 0.6 is 15.9 Å². The van der Waals surface area contributed by atoms with Gasteiger partial charge in [-0.3, -0.25) is 4.57 Å². The van der Waals surface area contributed by atoms with Crippen LogP contribution in [0.1, 0.15) is 62.7 Å². The summed E-state index contributed by atoms with van der Waals surface area (Å²) in [5.41, 5.74) is 2.25. The van der Waals surface area contributed by atoms with Gasteiger partial charge in [-0.2, -0.15) is 13.2 Å². The van der Waals surface area contributed by atoms with Crippen LogP contribution in [-0.4, -0.2) is 33.0 Å². The van der Waals surface area contributed by atoms with Crippen molar-refractivity contribution in [3.05, 3.63) is 39.9 Å². The number of alkyl halides is 3. The molecule has 4 nitrogen and oxygen atoms in total. The average molecular weight is 471 g/mol. The third kappa shape index (κ3) is 4.38. The van der Waals surface area contributed by atoms with Crippen LogP contribution in [0.2, 0.25) is 0 Å². The zero-order valence-electron chi connectivity index (χ0n) is 16.6. The van der Waals surface area contributed by atoms with Crippen LogP contribution in [0.25, 0.3) is 5.69 Å². The number of rotatable bonds is 3. The number of nitrogens with one attached hydrogen (secondary N) is 1. The molecule has 0 saturated heterocycles. The molecule has 1 aromatic heterocycles. The average Bonchev–Trinajstić information content (AvgIpc) is 2.97. The molecule has 2 aliphatic rings. The Kier molecular flexibility index (Phi) is 5.77. The number of hydrogen-bond acceptors (Lipinski definition) is 3. The number of nitrogens with zero attached hydrogens (tertiary/aromatic N) is 3. The molecule has 1 saturated carbocycles. The van der Waals surface area contributed by atoms with E-state index in [2.05, 4.69) is 62.0 Å². The van der Waals surface area contributed by atoms with Gasteiger partial charge in [0.25, 0.3) is 0 Å². The quantitative estimate of drug-likeness (QED) is 0.658. The Labute approximate surface area is 177 Å². The highest BCUT2D eigenvalue weighted by Crippen LogP contribution is 2.43. The summed E-state index contributed by atoms with van der Waals surface area (Å²) in [4.78, 5) is 0. The van der Waals surface area contributed by atoms with E-state index in [1.807, 2.05) is 6.07 Å². The minimum absolute atomic E-state index is 0.0148. The Morgan fingerprint density at radius 1 is 1.10 bits per heavy atom. The van der Waals surface area contributed by atoms with E-state index >= 15 is 0 Å². The molecule has 158 valence electrons. The lowest BCUT2D eigenvalue weighted by Gasteiger charge is -2.29. The van der Waals surface area contributed by atoms with Crippen LogP contribution < -0.4 is 5.32 Å². The smallest absolute Gasteiger partial charge is 0.311 e. The van der Waals surface area contributed by atoms with Gasteiger partial charge in [0.1, 0.15) is 11.6 Å². The van der Waals surface area contributed by atoms with Crippen molar-refractivity contribution in [2.45, 2.75) is 76.6 Å². The predicted molar refractivity (Wildman–Crippen MR) is 109 cm³/mol. The van der Waals surface area contributed by atoms with Crippen LogP contribution in [0.15, 0.2) is 22.7 Å². The summed E-state index contributed by atoms with van der Waals surface area (Å²) in [5.74, 6) is 0.528. The molecule has 0 radical (unpaired) electrons. The van der Waals surface area contributed by atoms with Gasteiger partial charge in [0.15, 0.2) is 0 Å². The normalized spacial score (nSPS) is 24.9. The van der Waals surface area contributed by atoms with Crippen LogP contribution in [0, 0.1) is 5.92 Å². The lowest BCUT2D eigenvalue weighted by molar-refractivity contribution is -0.182. The van der Waals surface area contributed by atoms with Crippen molar-refractivity contribution < 1.29 is 13.2 Å². The highest BCUT2D eigenvalue weighted by molar-refractivity contribution is 9.10. The molecule has 1 fully saturated rings. The highest BCUT2D eigenvalue weighted by Gasteiger charge is 2.42. The molecule has 8 heteroatoms. The van der Waals surface area contributed by atoms with E-state index in [9.17, 15) is 13.2 Å². The Bertz CT molecular complexity index is 869. The zero-order valence-corrected chi connectivity index (χ0v) is 18.2. The summed E-state index contributed by atoms with van der Waals surface area (Å²) >= 11 is 3.57. The molecule has 1 aliphatic heterocycles. The molecule has 2 heterocycles. The fourth-order valence-corrected chi connectivity index (χ4v) is 5.16. The van der Waals surface area contributed by atoms with Gasteiger partial charge in [-0.05, 0) is 55.9 Å². The van der Waals surface area contributed by atoms with E-state index in [0.717, 1.165) is 34.7 Å². The summed E-state index contributed by atoms with van der Waals surface area (Å²) in [7, 11) is 0. The van der Waals surface area contributed by atoms with Crippen LogP contribution in [0.3, 0.4) is 0 Å². The maximum Gasteiger partial charge on any atom is 0.391 e. The van der Waals surface area contributed by atoms with E-state index in [-0.39, 0.29) is 24.8 Å². The van der Waals surface area contributed by atoms with Crippen molar-refractivity contribution in [2.75, 3.05) is 0 Å². The number of benzene rings is 1. The van der Waals surface area contributed by atoms with Crippen LogP contribution in [-0.2, 0) is 12.8 Å². The number of halogens is 4. The lowest BCUT2D eigenvalue weighted by atomic mass is 9.81. The monoisotopic (exact) mass is 470 g/mol. The fraction of sp³-hybridized carbons (Fsp3) is 0.619. The summed E-state index contributed by atoms with van der Waals surface area (Å²) in [6.07, 6.45) is -1.14. The first-order valence-corrected chi connectivity index (χ1v) is 11.1. The van der Waals surface area contributed by atoms with Crippen molar-refractivity contribution in [3.8, 4) is 5.69 Å². The summed E-state index contributed by atoms with van der Waals surface area (Å²) in [6.45, 7) is 4.25. The van der Waals surface area contributed by atoms with Crippen molar-refractivity contribution in [1.29, 1.82) is 0 Å². The molecule has 0 spiro atoms. The van der Waals surface area contributed by atoms with Gasteiger partial charge in [0.05, 0.1) is 11.6 Å². The third-order valence-electron chi connectivity index (χ3n) is 6.06. The molecule has 1 atom stereocenters. The minimum Gasteiger partial charge on any atom is -0.311 e. The van der Waals surface area contributed by atoms with E-state index < -0.39 is 12.1 Å². The van der Waals surface area contributed by atoms with Crippen LogP contribution in [0.4, 0.5) is 13.2 Å². The maximum absolute atomic E-state index is 13.1. The first-order valence-electron chi connectivity index (χ1n) is 10.3. The van der Waals surface area contributed by atoms with Gasteiger partial charge in [-0.15, -0.1) is 10.2 Å². The fourth-order valence-electron chi connectivity index (χ4n) is 4.75. The second-order valence-electron chi connectivity index (χ2n) is 8.60. The number of aromatic nitrogens is 3. The summed E-state index contributed by atoms with van der Waals surface area (Å²) in [5, 5.41) is 12.6. The largest absolute Gasteiger partial charge is 0.391 e. The molecular formula is C21H26BrF3N4. The van der Waals surface area contributed by atoms with E-state index in [1.165, 1.54) is 5.56 Å². The Hall–Kier alpha value is -1.41. The van der Waals surface area contributed by atoms with E-state index in [4.69, 9.17) is 0 Å². The highest BCUT2D eigenvalue weighted by atomic mass is 79.9. The van der Waals surface area contributed by atoms with Gasteiger partial charge in [0.2, 0.25) is 0 Å². The molecule has 1 N–H and O–H groups in total. The van der Waals surface area contributed by atoms with Crippen LogP contribution in [0.5, 0.6) is 0 Å². The number of hydrogen-bond donors (Lipinski definition) is 1. The topological polar surface area (TPSA) is 42.7 Å². The first kappa shape index (κ1) is 20.8. The van der Waals surface area contributed by atoms with Crippen molar-refractivity contribution in [2.24, 2.45) is 5.92 Å². The molecule has 1 aliphatic carbocycles. The third-order valence-corrected chi connectivity index (χ3v) is 6.55. The lowest BCUT2D eigenvalue weighted by Crippen LogP contribution is -2.37. The van der Waals surface area contributed by atoms with Crippen molar-refractivity contribution in [3.63, 3.8) is 0 Å². The summed E-state index contributed by atoms with van der Waals surface area (Å²) < 4.78 is 42.4. The second kappa shape index (κ2) is 8.02. The van der Waals surface area contributed by atoms with E-state index in [0.29, 0.717) is 18.9 Å². The molecule has 29 heavy (non-hydrogen) atoms. The van der Waals surface area contributed by atoms with Crippen molar-refractivity contribution >= 4 is 15.9 Å². The second-order valence-corrected chi connectivity index (χ2v) is 9.52. The van der Waals surface area contributed by atoms with Gasteiger partial charge in [0, 0.05) is 28.9 Å². The predicted octanol–water partition coefficient (Wildman–Crippen LogP) is 5.33. The van der Waals surface area contributed by atoms with Gasteiger partial charge < -0.3 is 5.32 Å². The zero-order chi connectivity index (χ0) is 20.8. The summed E-state index contributed by atoms with van der Waals surface area (Å²) in [6, 6.07) is 6.78. The molecule has 4 rings (SSSR count). The number of fused-ring (bicyclic) bond motifs is 3. The first-order chi connectivity index (χ1) is 13.7. The minimum atomic E-state index is -4.10. The Balaban J connectivity index is 1.68. The molecule has 1 aromatic carbocycles. The SMILES string of the molecule is CC(C)NC1Cc2cc(Br)ccc2-n2c(nnc2C2CCC(C(F)(F)F)CC2)C1. The molecule has 0 amide bonds. The standard InChI is InChI=1S/C21H26BrF3N4/c1-12(2)26-17-10-14-9-16(22)7-8-18(14)29-19(11-17)27-28-20(29)13-3-5-15(6-4-13)21(23,24)25/h7-9,12-13,15,17,26H,3-6,10-11H2,1-2H3. The van der Waals surface area contributed by atoms with Gasteiger partial charge >= 0.3 is 6.18 Å². The van der Waals surface area contributed by atoms with Gasteiger partial charge in [-0.25, -0.2) is 0 Å². The van der Waals surface area contributed by atoms with Crippen molar-refractivity contribution in [1.82, 2.24) is 20.1 Å². The molecule has 2 aromatic rings. The van der Waals surface area contributed by atoms with E-state index in [1.54, 1.807) is 0 Å².